The molecule has 1 saturated heterocycles. The minimum absolute atomic E-state index is 0.226. The van der Waals surface area contributed by atoms with Crippen molar-refractivity contribution in [1.29, 1.82) is 5.26 Å². The smallest absolute Gasteiger partial charge is 0.303 e. The lowest BCUT2D eigenvalue weighted by Crippen LogP contribution is -2.20. The van der Waals surface area contributed by atoms with Crippen LogP contribution in [0.25, 0.3) is 0 Å². The Labute approximate surface area is 120 Å². The summed E-state index contributed by atoms with van der Waals surface area (Å²) < 4.78 is 0.898. The van der Waals surface area contributed by atoms with Crippen molar-refractivity contribution in [3.05, 3.63) is 28.2 Å². The highest BCUT2D eigenvalue weighted by Gasteiger charge is 2.24. The summed E-state index contributed by atoms with van der Waals surface area (Å²) in [6.07, 6.45) is 1.93. The van der Waals surface area contributed by atoms with Gasteiger partial charge in [-0.1, -0.05) is 15.9 Å². The van der Waals surface area contributed by atoms with E-state index < -0.39 is 5.97 Å². The minimum atomic E-state index is -0.736. The number of benzene rings is 1. The van der Waals surface area contributed by atoms with Gasteiger partial charge in [0.1, 0.15) is 6.07 Å². The average molecular weight is 323 g/mol. The Bertz CT molecular complexity index is 525. The molecule has 1 aromatic rings. The maximum atomic E-state index is 10.6. The Morgan fingerprint density at radius 3 is 3.05 bits per heavy atom. The molecule has 0 radical (unpaired) electrons. The molecule has 1 atom stereocenters. The zero-order valence-electron chi connectivity index (χ0n) is 10.5. The molecule has 0 bridgehead atoms. The van der Waals surface area contributed by atoms with Crippen LogP contribution in [-0.4, -0.2) is 24.2 Å². The molecular formula is C14H15BrN2O2. The van der Waals surface area contributed by atoms with Crippen molar-refractivity contribution in [3.8, 4) is 6.07 Å². The van der Waals surface area contributed by atoms with Gasteiger partial charge in [-0.05, 0) is 37.0 Å². The molecule has 0 aliphatic carbocycles. The first-order valence-electron chi connectivity index (χ1n) is 6.26. The third kappa shape index (κ3) is 3.48. The highest BCUT2D eigenvalue weighted by molar-refractivity contribution is 9.10. The molecule has 2 rings (SSSR count). The van der Waals surface area contributed by atoms with Crippen LogP contribution < -0.4 is 4.90 Å². The Balaban J connectivity index is 2.05. The molecule has 0 spiro atoms. The van der Waals surface area contributed by atoms with Gasteiger partial charge in [0.15, 0.2) is 0 Å². The number of hydrogen-bond acceptors (Lipinski definition) is 3. The molecule has 0 aromatic heterocycles. The summed E-state index contributed by atoms with van der Waals surface area (Å²) in [6.45, 7) is 1.73. The normalized spacial score (nSPS) is 18.3. The van der Waals surface area contributed by atoms with E-state index in [0.29, 0.717) is 17.9 Å². The molecule has 1 aliphatic rings. The molecule has 0 saturated carbocycles. The summed E-state index contributed by atoms with van der Waals surface area (Å²) in [5, 5.41) is 17.9. The predicted octanol–water partition coefficient (Wildman–Crippen LogP) is 3.01. The SMILES string of the molecule is N#Cc1cc(Br)ccc1N1CCC(CCC(=O)O)C1. The lowest BCUT2D eigenvalue weighted by atomic mass is 10.0. The van der Waals surface area contributed by atoms with Crippen LogP contribution in [0.3, 0.4) is 0 Å². The van der Waals surface area contributed by atoms with Crippen molar-refractivity contribution in [2.45, 2.75) is 19.3 Å². The molecule has 19 heavy (non-hydrogen) atoms. The molecule has 1 fully saturated rings. The van der Waals surface area contributed by atoms with Crippen molar-refractivity contribution in [2.75, 3.05) is 18.0 Å². The van der Waals surface area contributed by atoms with E-state index >= 15 is 0 Å². The van der Waals surface area contributed by atoms with Crippen LogP contribution in [0.5, 0.6) is 0 Å². The van der Waals surface area contributed by atoms with Crippen molar-refractivity contribution in [3.63, 3.8) is 0 Å². The van der Waals surface area contributed by atoms with Crippen molar-refractivity contribution in [2.24, 2.45) is 5.92 Å². The average Bonchev–Trinajstić information content (AvgIpc) is 2.84. The van der Waals surface area contributed by atoms with E-state index in [1.165, 1.54) is 0 Å². The van der Waals surface area contributed by atoms with E-state index in [1.54, 1.807) is 0 Å². The van der Waals surface area contributed by atoms with Gasteiger partial charge in [-0.25, -0.2) is 0 Å². The second-order valence-electron chi connectivity index (χ2n) is 4.81. The van der Waals surface area contributed by atoms with E-state index in [0.717, 1.165) is 29.7 Å². The van der Waals surface area contributed by atoms with E-state index in [2.05, 4.69) is 26.9 Å². The molecule has 0 amide bonds. The van der Waals surface area contributed by atoms with Crippen molar-refractivity contribution in [1.82, 2.24) is 0 Å². The van der Waals surface area contributed by atoms with Gasteiger partial charge in [0.05, 0.1) is 11.3 Å². The summed E-state index contributed by atoms with van der Waals surface area (Å²) in [5.41, 5.74) is 1.61. The van der Waals surface area contributed by atoms with Crippen LogP contribution in [0.4, 0.5) is 5.69 Å². The summed E-state index contributed by atoms with van der Waals surface area (Å²) >= 11 is 3.36. The highest BCUT2D eigenvalue weighted by Crippen LogP contribution is 2.30. The summed E-state index contributed by atoms with van der Waals surface area (Å²) in [5.74, 6) is -0.328. The van der Waals surface area contributed by atoms with Gasteiger partial charge in [0, 0.05) is 24.0 Å². The van der Waals surface area contributed by atoms with Crippen LogP contribution in [-0.2, 0) is 4.79 Å². The quantitative estimate of drug-likeness (QED) is 0.925. The van der Waals surface area contributed by atoms with E-state index in [1.807, 2.05) is 18.2 Å². The molecule has 1 N–H and O–H groups in total. The lowest BCUT2D eigenvalue weighted by Gasteiger charge is -2.20. The molecule has 1 unspecified atom stereocenters. The second kappa shape index (κ2) is 6.07. The van der Waals surface area contributed by atoms with Gasteiger partial charge < -0.3 is 10.0 Å². The van der Waals surface area contributed by atoms with Gasteiger partial charge in [-0.15, -0.1) is 0 Å². The van der Waals surface area contributed by atoms with Gasteiger partial charge in [0.2, 0.25) is 0 Å². The first kappa shape index (κ1) is 13.9. The number of carbonyl (C=O) groups is 1. The van der Waals surface area contributed by atoms with Crippen LogP contribution in [0, 0.1) is 17.2 Å². The third-order valence-electron chi connectivity index (χ3n) is 3.47. The first-order valence-corrected chi connectivity index (χ1v) is 7.06. The number of halogens is 1. The molecule has 100 valence electrons. The Morgan fingerprint density at radius 1 is 1.58 bits per heavy atom. The van der Waals surface area contributed by atoms with Gasteiger partial charge >= 0.3 is 5.97 Å². The fourth-order valence-electron chi connectivity index (χ4n) is 2.49. The fraction of sp³-hybridized carbons (Fsp3) is 0.429. The number of hydrogen-bond donors (Lipinski definition) is 1. The third-order valence-corrected chi connectivity index (χ3v) is 3.97. The predicted molar refractivity (Wildman–Crippen MR) is 76.0 cm³/mol. The topological polar surface area (TPSA) is 64.3 Å². The van der Waals surface area contributed by atoms with Crippen LogP contribution in [0.2, 0.25) is 0 Å². The van der Waals surface area contributed by atoms with Gasteiger partial charge in [-0.2, -0.15) is 5.26 Å². The first-order chi connectivity index (χ1) is 9.10. The lowest BCUT2D eigenvalue weighted by molar-refractivity contribution is -0.137. The Morgan fingerprint density at radius 2 is 2.37 bits per heavy atom. The Kier molecular flexibility index (Phi) is 4.43. The van der Waals surface area contributed by atoms with Crippen LogP contribution >= 0.6 is 15.9 Å². The number of aliphatic carboxylic acids is 1. The number of anilines is 1. The largest absolute Gasteiger partial charge is 0.481 e. The molecule has 1 heterocycles. The zero-order chi connectivity index (χ0) is 13.8. The van der Waals surface area contributed by atoms with Gasteiger partial charge in [0.25, 0.3) is 0 Å². The number of nitriles is 1. The fourth-order valence-corrected chi connectivity index (χ4v) is 2.85. The number of rotatable bonds is 4. The molecule has 1 aromatic carbocycles. The standard InChI is InChI=1S/C14H15BrN2O2/c15-12-2-3-13(11(7-12)8-16)17-6-5-10(9-17)1-4-14(18)19/h2-3,7,10H,1,4-6,9H2,(H,18,19). The van der Waals surface area contributed by atoms with E-state index in [-0.39, 0.29) is 6.42 Å². The summed E-state index contributed by atoms with van der Waals surface area (Å²) in [7, 11) is 0. The van der Waals surface area contributed by atoms with E-state index in [4.69, 9.17) is 5.11 Å². The Hall–Kier alpha value is -1.54. The molecule has 4 nitrogen and oxygen atoms in total. The molecule has 5 heteroatoms. The maximum Gasteiger partial charge on any atom is 0.303 e. The van der Waals surface area contributed by atoms with Crippen molar-refractivity contribution >= 4 is 27.6 Å². The molecule has 1 aliphatic heterocycles. The van der Waals surface area contributed by atoms with Crippen molar-refractivity contribution < 1.29 is 9.90 Å². The highest BCUT2D eigenvalue weighted by atomic mass is 79.9. The van der Waals surface area contributed by atoms with Gasteiger partial charge in [-0.3, -0.25) is 4.79 Å². The zero-order valence-corrected chi connectivity index (χ0v) is 12.1. The van der Waals surface area contributed by atoms with Crippen LogP contribution in [0.1, 0.15) is 24.8 Å². The second-order valence-corrected chi connectivity index (χ2v) is 5.72. The molecular weight excluding hydrogens is 308 g/mol. The minimum Gasteiger partial charge on any atom is -0.481 e. The number of nitrogens with zero attached hydrogens (tertiary/aromatic N) is 2. The summed E-state index contributed by atoms with van der Waals surface area (Å²) in [4.78, 5) is 12.8. The monoisotopic (exact) mass is 322 g/mol. The summed E-state index contributed by atoms with van der Waals surface area (Å²) in [6, 6.07) is 7.91. The van der Waals surface area contributed by atoms with Crippen LogP contribution in [0.15, 0.2) is 22.7 Å². The number of carboxylic acid groups (broad SMARTS) is 1. The maximum absolute atomic E-state index is 10.6. The van der Waals surface area contributed by atoms with E-state index in [9.17, 15) is 10.1 Å². The number of carboxylic acids is 1.